The summed E-state index contributed by atoms with van der Waals surface area (Å²) in [5.74, 6) is -1.95. The monoisotopic (exact) mass is 233 g/mol. The van der Waals surface area contributed by atoms with Gasteiger partial charge in [0.25, 0.3) is 0 Å². The molecule has 0 aliphatic rings. The fourth-order valence-corrected chi connectivity index (χ4v) is 1.59. The number of aryl methyl sites for hydroxylation is 1. The Labute approximate surface area is 96.9 Å². The van der Waals surface area contributed by atoms with Gasteiger partial charge < -0.3 is 0 Å². The number of nitrogens with zero attached hydrogens (tertiary/aromatic N) is 1. The lowest BCUT2D eigenvalue weighted by atomic mass is 10.0. The van der Waals surface area contributed by atoms with Gasteiger partial charge in [0.15, 0.2) is 17.9 Å². The van der Waals surface area contributed by atoms with E-state index in [1.54, 1.807) is 13.0 Å². The van der Waals surface area contributed by atoms with E-state index in [1.807, 2.05) is 0 Å². The molecule has 1 aromatic heterocycles. The summed E-state index contributed by atoms with van der Waals surface area (Å²) < 4.78 is 26.7. The van der Waals surface area contributed by atoms with E-state index in [4.69, 9.17) is 0 Å². The second-order valence-corrected chi connectivity index (χ2v) is 3.67. The second kappa shape index (κ2) is 4.41. The van der Waals surface area contributed by atoms with E-state index >= 15 is 0 Å². The standard InChI is InChI=1S/C13H9F2NO/c1-8-5-9(7-17)13(16-6-8)10-3-2-4-11(14)12(10)15/h2-7H,1H3. The average molecular weight is 233 g/mol. The van der Waals surface area contributed by atoms with Crippen LogP contribution in [0.5, 0.6) is 0 Å². The molecule has 0 atom stereocenters. The van der Waals surface area contributed by atoms with Crippen molar-refractivity contribution in [3.63, 3.8) is 0 Å². The van der Waals surface area contributed by atoms with Crippen molar-refractivity contribution in [3.8, 4) is 11.3 Å². The van der Waals surface area contributed by atoms with E-state index in [2.05, 4.69) is 4.98 Å². The molecule has 0 aliphatic heterocycles. The summed E-state index contributed by atoms with van der Waals surface area (Å²) in [6.45, 7) is 1.77. The first-order valence-electron chi connectivity index (χ1n) is 4.99. The van der Waals surface area contributed by atoms with Crippen LogP contribution in [0.25, 0.3) is 11.3 Å². The van der Waals surface area contributed by atoms with Gasteiger partial charge in [-0.3, -0.25) is 9.78 Å². The molecular formula is C13H9F2NO. The number of halogens is 2. The summed E-state index contributed by atoms with van der Waals surface area (Å²) >= 11 is 0. The molecule has 4 heteroatoms. The minimum Gasteiger partial charge on any atom is -0.298 e. The summed E-state index contributed by atoms with van der Waals surface area (Å²) in [6.07, 6.45) is 2.09. The largest absolute Gasteiger partial charge is 0.298 e. The van der Waals surface area contributed by atoms with Crippen molar-refractivity contribution in [1.82, 2.24) is 4.98 Å². The maximum Gasteiger partial charge on any atom is 0.168 e. The third-order valence-corrected chi connectivity index (χ3v) is 2.39. The van der Waals surface area contributed by atoms with E-state index < -0.39 is 11.6 Å². The molecule has 86 valence electrons. The van der Waals surface area contributed by atoms with E-state index in [1.165, 1.54) is 18.3 Å². The molecule has 0 spiro atoms. The van der Waals surface area contributed by atoms with Gasteiger partial charge in [0, 0.05) is 17.3 Å². The molecule has 0 radical (unpaired) electrons. The number of hydrogen-bond donors (Lipinski definition) is 0. The molecule has 0 fully saturated rings. The zero-order valence-electron chi connectivity index (χ0n) is 9.08. The van der Waals surface area contributed by atoms with Crippen LogP contribution in [0.1, 0.15) is 15.9 Å². The molecule has 2 rings (SSSR count). The summed E-state index contributed by atoms with van der Waals surface area (Å²) in [4.78, 5) is 14.9. The van der Waals surface area contributed by atoms with Gasteiger partial charge in [0.05, 0.1) is 5.69 Å². The smallest absolute Gasteiger partial charge is 0.168 e. The van der Waals surface area contributed by atoms with Gasteiger partial charge in [-0.1, -0.05) is 6.07 Å². The van der Waals surface area contributed by atoms with Crippen LogP contribution >= 0.6 is 0 Å². The number of pyridine rings is 1. The van der Waals surface area contributed by atoms with Crippen molar-refractivity contribution < 1.29 is 13.6 Å². The topological polar surface area (TPSA) is 30.0 Å². The number of rotatable bonds is 2. The van der Waals surface area contributed by atoms with Crippen molar-refractivity contribution >= 4 is 6.29 Å². The number of carbonyl (C=O) groups is 1. The van der Waals surface area contributed by atoms with Crippen molar-refractivity contribution in [2.45, 2.75) is 6.92 Å². The SMILES string of the molecule is Cc1cnc(-c2cccc(F)c2F)c(C=O)c1. The van der Waals surface area contributed by atoms with Gasteiger partial charge in [-0.15, -0.1) is 0 Å². The van der Waals surface area contributed by atoms with Gasteiger partial charge in [-0.25, -0.2) is 8.78 Å². The summed E-state index contributed by atoms with van der Waals surface area (Å²) in [6, 6.07) is 5.38. The number of hydrogen-bond acceptors (Lipinski definition) is 2. The first-order valence-corrected chi connectivity index (χ1v) is 4.99. The van der Waals surface area contributed by atoms with Crippen LogP contribution in [-0.4, -0.2) is 11.3 Å². The van der Waals surface area contributed by atoms with Gasteiger partial charge in [0.1, 0.15) is 0 Å². The fraction of sp³-hybridized carbons (Fsp3) is 0.0769. The second-order valence-electron chi connectivity index (χ2n) is 3.67. The molecule has 0 saturated carbocycles. The van der Waals surface area contributed by atoms with E-state index in [-0.39, 0.29) is 16.8 Å². The lowest BCUT2D eigenvalue weighted by Gasteiger charge is -2.06. The Morgan fingerprint density at radius 2 is 2.06 bits per heavy atom. The van der Waals surface area contributed by atoms with Crippen molar-refractivity contribution in [2.75, 3.05) is 0 Å². The third-order valence-electron chi connectivity index (χ3n) is 2.39. The minimum atomic E-state index is -0.994. The molecule has 1 heterocycles. The maximum absolute atomic E-state index is 13.6. The van der Waals surface area contributed by atoms with Crippen molar-refractivity contribution in [1.29, 1.82) is 0 Å². The van der Waals surface area contributed by atoms with Crippen LogP contribution in [0.4, 0.5) is 8.78 Å². The predicted molar refractivity (Wildman–Crippen MR) is 59.7 cm³/mol. The molecule has 0 bridgehead atoms. The Hall–Kier alpha value is -2.10. The molecule has 0 unspecified atom stereocenters. The van der Waals surface area contributed by atoms with E-state index in [9.17, 15) is 13.6 Å². The van der Waals surface area contributed by atoms with Crippen LogP contribution in [0, 0.1) is 18.6 Å². The highest BCUT2D eigenvalue weighted by Crippen LogP contribution is 2.25. The first kappa shape index (κ1) is 11.4. The van der Waals surface area contributed by atoms with Crippen molar-refractivity contribution in [3.05, 3.63) is 53.2 Å². The molecule has 0 amide bonds. The Morgan fingerprint density at radius 3 is 2.76 bits per heavy atom. The van der Waals surface area contributed by atoms with E-state index in [0.717, 1.165) is 11.6 Å². The zero-order chi connectivity index (χ0) is 12.4. The van der Waals surface area contributed by atoms with Crippen LogP contribution < -0.4 is 0 Å². The highest BCUT2D eigenvalue weighted by molar-refractivity contribution is 5.85. The fourth-order valence-electron chi connectivity index (χ4n) is 1.59. The van der Waals surface area contributed by atoms with Gasteiger partial charge in [0.2, 0.25) is 0 Å². The number of benzene rings is 1. The first-order chi connectivity index (χ1) is 8.13. The minimum absolute atomic E-state index is 0.00731. The molecule has 2 nitrogen and oxygen atoms in total. The molecule has 0 aliphatic carbocycles. The molecule has 2 aromatic rings. The number of carbonyl (C=O) groups excluding carboxylic acids is 1. The molecule has 1 aromatic carbocycles. The van der Waals surface area contributed by atoms with Gasteiger partial charge in [-0.2, -0.15) is 0 Å². The predicted octanol–water partition coefficient (Wildman–Crippen LogP) is 3.15. The highest BCUT2D eigenvalue weighted by atomic mass is 19.2. The van der Waals surface area contributed by atoms with Crippen molar-refractivity contribution in [2.24, 2.45) is 0 Å². The maximum atomic E-state index is 13.6. The highest BCUT2D eigenvalue weighted by Gasteiger charge is 2.14. The van der Waals surface area contributed by atoms with Gasteiger partial charge >= 0.3 is 0 Å². The van der Waals surface area contributed by atoms with Gasteiger partial charge in [-0.05, 0) is 30.7 Å². The molecular weight excluding hydrogens is 224 g/mol. The molecule has 17 heavy (non-hydrogen) atoms. The van der Waals surface area contributed by atoms with E-state index in [0.29, 0.717) is 6.29 Å². The van der Waals surface area contributed by atoms with Crippen LogP contribution in [-0.2, 0) is 0 Å². The Balaban J connectivity index is 2.68. The summed E-state index contributed by atoms with van der Waals surface area (Å²) in [7, 11) is 0. The van der Waals surface area contributed by atoms with Crippen LogP contribution in [0.3, 0.4) is 0 Å². The molecule has 0 saturated heterocycles. The van der Waals surface area contributed by atoms with Crippen LogP contribution in [0.2, 0.25) is 0 Å². The lowest BCUT2D eigenvalue weighted by Crippen LogP contribution is -1.97. The number of aromatic nitrogens is 1. The zero-order valence-corrected chi connectivity index (χ0v) is 9.08. The Bertz CT molecular complexity index is 582. The van der Waals surface area contributed by atoms with Crippen LogP contribution in [0.15, 0.2) is 30.5 Å². The Morgan fingerprint density at radius 1 is 1.29 bits per heavy atom. The third kappa shape index (κ3) is 2.06. The summed E-state index contributed by atoms with van der Waals surface area (Å²) in [5.41, 5.74) is 1.18. The number of aldehydes is 1. The lowest BCUT2D eigenvalue weighted by molar-refractivity contribution is 0.112. The average Bonchev–Trinajstić information content (AvgIpc) is 2.33. The summed E-state index contributed by atoms with van der Waals surface area (Å²) in [5, 5.41) is 0. The normalized spacial score (nSPS) is 10.3. The quantitative estimate of drug-likeness (QED) is 0.746. The molecule has 0 N–H and O–H groups in total. The Kier molecular flexibility index (Phi) is 2.95.